The maximum atomic E-state index is 3.77. The molecule has 220 valence electrons. The lowest BCUT2D eigenvalue weighted by Gasteiger charge is -2.10. The molecule has 0 atom stereocenters. The number of hydrogen-bond acceptors (Lipinski definition) is 0. The first-order valence-electron chi connectivity index (χ1n) is 13.3. The summed E-state index contributed by atoms with van der Waals surface area (Å²) in [6.45, 7) is 54.9. The van der Waals surface area contributed by atoms with E-state index in [4.69, 9.17) is 0 Å². The summed E-state index contributed by atoms with van der Waals surface area (Å²) in [5.74, 6) is 0. The summed E-state index contributed by atoms with van der Waals surface area (Å²) in [7, 11) is 0. The van der Waals surface area contributed by atoms with Gasteiger partial charge >= 0.3 is 0 Å². The first-order valence-corrected chi connectivity index (χ1v) is 13.3. The summed E-state index contributed by atoms with van der Waals surface area (Å²) in [6.07, 6.45) is 14.0. The zero-order chi connectivity index (χ0) is 32.9. The molecule has 0 aliphatic rings. The fourth-order valence-electron chi connectivity index (χ4n) is 1.53. The lowest BCUT2D eigenvalue weighted by Crippen LogP contribution is -1.99. The van der Waals surface area contributed by atoms with E-state index in [-0.39, 0.29) is 5.41 Å². The van der Waals surface area contributed by atoms with Crippen LogP contribution in [-0.2, 0) is 0 Å². The maximum absolute atomic E-state index is 3.77. The predicted octanol–water partition coefficient (Wildman–Crippen LogP) is 13.3. The second-order valence-corrected chi connectivity index (χ2v) is 10.3. The molecule has 0 heteroatoms. The van der Waals surface area contributed by atoms with Gasteiger partial charge in [-0.05, 0) is 103 Å². The Balaban J connectivity index is -0.000000128. The second kappa shape index (κ2) is 29.8. The smallest absolute Gasteiger partial charge is 0.00769 e. The average Bonchev–Trinajstić information content (AvgIpc) is 2.86. The zero-order valence-electron chi connectivity index (χ0n) is 28.1. The molecule has 40 heavy (non-hydrogen) atoms. The lowest BCUT2D eigenvalue weighted by molar-refractivity contribution is 0.629. The average molecular weight is 541 g/mol. The van der Waals surface area contributed by atoms with Gasteiger partial charge < -0.3 is 0 Å². The summed E-state index contributed by atoms with van der Waals surface area (Å²) >= 11 is 0. The van der Waals surface area contributed by atoms with Crippen molar-refractivity contribution < 1.29 is 0 Å². The third kappa shape index (κ3) is 47.4. The van der Waals surface area contributed by atoms with E-state index in [9.17, 15) is 0 Å². The fourth-order valence-corrected chi connectivity index (χ4v) is 1.53. The van der Waals surface area contributed by atoms with Crippen LogP contribution in [0.15, 0.2) is 164 Å². The first-order chi connectivity index (χ1) is 18.3. The highest BCUT2D eigenvalue weighted by atomic mass is 14.1. The van der Waals surface area contributed by atoms with Crippen molar-refractivity contribution in [3.05, 3.63) is 164 Å². The van der Waals surface area contributed by atoms with Gasteiger partial charge in [-0.15, -0.1) is 18.9 Å². The predicted molar refractivity (Wildman–Crippen MR) is 191 cm³/mol. The van der Waals surface area contributed by atoms with E-state index in [1.54, 1.807) is 0 Å². The van der Waals surface area contributed by atoms with Crippen LogP contribution in [0.5, 0.6) is 0 Å². The maximum Gasteiger partial charge on any atom is 0.00769 e. The Morgan fingerprint density at radius 1 is 0.650 bits per heavy atom. The van der Waals surface area contributed by atoms with Gasteiger partial charge in [0.05, 0.1) is 0 Å². The molecule has 0 aliphatic heterocycles. The minimum atomic E-state index is 0.0573. The molecule has 0 heterocycles. The van der Waals surface area contributed by atoms with Crippen molar-refractivity contribution in [1.29, 1.82) is 0 Å². The van der Waals surface area contributed by atoms with E-state index in [0.717, 1.165) is 28.7 Å². The zero-order valence-corrected chi connectivity index (χ0v) is 28.1. The van der Waals surface area contributed by atoms with Crippen molar-refractivity contribution in [2.24, 2.45) is 5.41 Å². The molecule has 0 aliphatic carbocycles. The molecule has 0 nitrogen and oxygen atoms in total. The van der Waals surface area contributed by atoms with Crippen LogP contribution in [0.1, 0.15) is 82.6 Å². The van der Waals surface area contributed by atoms with Gasteiger partial charge in [-0.3, -0.25) is 0 Å². The normalized spacial score (nSPS) is 9.38. The first kappa shape index (κ1) is 46.1. The van der Waals surface area contributed by atoms with Crippen LogP contribution in [-0.4, -0.2) is 0 Å². The second-order valence-electron chi connectivity index (χ2n) is 10.3. The molecule has 0 aromatic carbocycles. The van der Waals surface area contributed by atoms with Gasteiger partial charge in [-0.25, -0.2) is 0 Å². The Hall–Kier alpha value is -3.78. The standard InChI is InChI=1S/5C8H12/c2*1-7(2)5-6-8(3)4;1-5-6-8(4)7(2)3;1-5-7-8(3,4)6-2;1-5-7(3)8(4)6-2/h1-4H3;5-6H,1,3H2,2,4H3;5H,1-2,4,6H2,3H3;6-7H,1-2H2,3-4H3;5-6H,1-2H2,3-4H3/b;6-5-;;;8-7+. The highest BCUT2D eigenvalue weighted by Gasteiger charge is 2.05. The van der Waals surface area contributed by atoms with Crippen LogP contribution in [0.3, 0.4) is 0 Å². The van der Waals surface area contributed by atoms with Crippen molar-refractivity contribution in [3.8, 4) is 0 Å². The van der Waals surface area contributed by atoms with Crippen LogP contribution in [0.2, 0.25) is 0 Å². The lowest BCUT2D eigenvalue weighted by atomic mass is 9.94. The molecule has 0 spiro atoms. The quantitative estimate of drug-likeness (QED) is 0.155. The molecule has 0 unspecified atom stereocenters. The Morgan fingerprint density at radius 2 is 1.00 bits per heavy atom. The molecular weight excluding hydrogens is 480 g/mol. The number of hydrogen-bond donors (Lipinski definition) is 0. The summed E-state index contributed by atoms with van der Waals surface area (Å²) < 4.78 is 0. The van der Waals surface area contributed by atoms with Crippen LogP contribution >= 0.6 is 0 Å². The molecular formula is C40H60. The topological polar surface area (TPSA) is 0 Å². The molecule has 0 aromatic rings. The van der Waals surface area contributed by atoms with Crippen LogP contribution < -0.4 is 0 Å². The van der Waals surface area contributed by atoms with Gasteiger partial charge in [0, 0.05) is 5.41 Å². The summed E-state index contributed by atoms with van der Waals surface area (Å²) in [4.78, 5) is 0. The van der Waals surface area contributed by atoms with E-state index in [2.05, 4.69) is 90.3 Å². The van der Waals surface area contributed by atoms with Crippen LogP contribution in [0.25, 0.3) is 0 Å². The van der Waals surface area contributed by atoms with Gasteiger partial charge in [-0.2, -0.15) is 0 Å². The highest BCUT2D eigenvalue weighted by molar-refractivity contribution is 5.27. The molecule has 0 rings (SSSR count). The third-order valence-electron chi connectivity index (χ3n) is 4.44. The molecule has 0 radical (unpaired) electrons. The van der Waals surface area contributed by atoms with Crippen molar-refractivity contribution >= 4 is 0 Å². The highest BCUT2D eigenvalue weighted by Crippen LogP contribution is 2.16. The molecule has 0 bridgehead atoms. The van der Waals surface area contributed by atoms with Gasteiger partial charge in [0.15, 0.2) is 0 Å². The molecule has 0 saturated heterocycles. The Kier molecular flexibility index (Phi) is 34.3. The number of rotatable bonds is 9. The summed E-state index contributed by atoms with van der Waals surface area (Å²) in [5.41, 5.74) is 17.7. The van der Waals surface area contributed by atoms with Crippen LogP contribution in [0, 0.1) is 5.41 Å². The van der Waals surface area contributed by atoms with Gasteiger partial charge in [0.2, 0.25) is 0 Å². The van der Waals surface area contributed by atoms with E-state index < -0.39 is 0 Å². The van der Waals surface area contributed by atoms with Gasteiger partial charge in [0.25, 0.3) is 0 Å². The molecule has 0 aromatic heterocycles. The summed E-state index contributed by atoms with van der Waals surface area (Å²) in [5, 5.41) is 0. The summed E-state index contributed by atoms with van der Waals surface area (Å²) in [6, 6.07) is 0. The van der Waals surface area contributed by atoms with E-state index in [1.807, 2.05) is 105 Å². The van der Waals surface area contributed by atoms with Gasteiger partial charge in [-0.1, -0.05) is 125 Å². The number of allylic oxidation sites excluding steroid dienone is 15. The largest absolute Gasteiger partial charge is 0.132 e. The molecule has 0 saturated carbocycles. The van der Waals surface area contributed by atoms with E-state index in [1.165, 1.54) is 22.3 Å². The minimum absolute atomic E-state index is 0.0573. The monoisotopic (exact) mass is 540 g/mol. The molecule has 0 N–H and O–H groups in total. The Labute approximate surface area is 251 Å². The van der Waals surface area contributed by atoms with E-state index >= 15 is 0 Å². The molecule has 0 amide bonds. The molecule has 0 fully saturated rings. The SMILES string of the molecule is C=C(C)/C=C\C(=C)C.C=C/C(C)=C(\C)C=C.C=C=CC(C)(C)C=C.C=CCC(=C)C(=C)C.CC(C)=C=C=C(C)C. The fraction of sp³-hybridized carbons (Fsp3) is 0.325. The third-order valence-corrected chi connectivity index (χ3v) is 4.44. The Morgan fingerprint density at radius 3 is 1.12 bits per heavy atom. The Bertz CT molecular complexity index is 1000. The van der Waals surface area contributed by atoms with Crippen LogP contribution in [0.4, 0.5) is 0 Å². The minimum Gasteiger partial charge on any atom is -0.132 e. The van der Waals surface area contributed by atoms with Crippen molar-refractivity contribution in [3.63, 3.8) is 0 Å². The van der Waals surface area contributed by atoms with Crippen molar-refractivity contribution in [2.45, 2.75) is 82.6 Å². The van der Waals surface area contributed by atoms with Crippen molar-refractivity contribution in [1.82, 2.24) is 0 Å². The van der Waals surface area contributed by atoms with Crippen molar-refractivity contribution in [2.75, 3.05) is 0 Å². The van der Waals surface area contributed by atoms with E-state index in [0.29, 0.717) is 0 Å². The van der Waals surface area contributed by atoms with Gasteiger partial charge in [0.1, 0.15) is 0 Å².